The number of hydrogen-bond donors (Lipinski definition) is 1. The van der Waals surface area contributed by atoms with Gasteiger partial charge in [-0.2, -0.15) is 0 Å². The first-order valence-corrected chi connectivity index (χ1v) is 5.52. The van der Waals surface area contributed by atoms with Gasteiger partial charge in [-0.25, -0.2) is 4.39 Å². The Labute approximate surface area is 103 Å². The smallest absolute Gasteiger partial charge is 0.323 e. The number of benzene rings is 1. The molecule has 1 amide bonds. The molecule has 6 heteroatoms. The number of carboxylic acid groups (broad SMARTS) is 1. The van der Waals surface area contributed by atoms with Crippen LogP contribution in [0.25, 0.3) is 0 Å². The molecule has 1 aliphatic heterocycles. The van der Waals surface area contributed by atoms with Crippen LogP contribution in [0.2, 0.25) is 0 Å². The maximum absolute atomic E-state index is 13.8. The van der Waals surface area contributed by atoms with Gasteiger partial charge in [-0.05, 0) is 12.1 Å². The van der Waals surface area contributed by atoms with Crippen molar-refractivity contribution in [2.45, 2.75) is 6.42 Å². The maximum atomic E-state index is 13.8. The molecule has 2 rings (SSSR count). The minimum Gasteiger partial charge on any atom is -0.480 e. The van der Waals surface area contributed by atoms with Crippen LogP contribution in [0.4, 0.5) is 15.8 Å². The van der Waals surface area contributed by atoms with Crippen LogP contribution >= 0.6 is 0 Å². The molecule has 0 saturated heterocycles. The quantitative estimate of drug-likeness (QED) is 0.855. The Balaban J connectivity index is 2.51. The zero-order valence-electron chi connectivity index (χ0n) is 9.89. The minimum atomic E-state index is -1.01. The molecule has 0 unspecified atom stereocenters. The molecule has 0 saturated carbocycles. The molecule has 1 N–H and O–H groups in total. The van der Waals surface area contributed by atoms with Crippen molar-refractivity contribution in [3.63, 3.8) is 0 Å². The number of para-hydroxylation sites is 1. The van der Waals surface area contributed by atoms with Gasteiger partial charge in [0.05, 0.1) is 5.69 Å². The molecule has 0 aliphatic carbocycles. The lowest BCUT2D eigenvalue weighted by Gasteiger charge is -2.23. The Bertz CT molecular complexity index is 504. The SMILES string of the molecule is CN1C(=O)CCN(CC(=O)O)c2cccc(F)c21. The molecule has 1 aliphatic rings. The third kappa shape index (κ3) is 2.13. The number of carbonyl (C=O) groups excluding carboxylic acids is 1. The summed E-state index contributed by atoms with van der Waals surface area (Å²) in [6.07, 6.45) is 0.165. The van der Waals surface area contributed by atoms with Gasteiger partial charge in [-0.3, -0.25) is 9.59 Å². The summed E-state index contributed by atoms with van der Waals surface area (Å²) in [7, 11) is 1.49. The normalized spacial score (nSPS) is 15.3. The number of rotatable bonds is 2. The first kappa shape index (κ1) is 12.3. The van der Waals surface area contributed by atoms with Gasteiger partial charge in [0.15, 0.2) is 0 Å². The van der Waals surface area contributed by atoms with Gasteiger partial charge < -0.3 is 14.9 Å². The number of anilines is 2. The van der Waals surface area contributed by atoms with E-state index in [0.717, 1.165) is 0 Å². The van der Waals surface area contributed by atoms with Gasteiger partial charge in [-0.1, -0.05) is 6.07 Å². The largest absolute Gasteiger partial charge is 0.480 e. The van der Waals surface area contributed by atoms with Gasteiger partial charge in [-0.15, -0.1) is 0 Å². The van der Waals surface area contributed by atoms with Crippen molar-refractivity contribution in [3.8, 4) is 0 Å². The molecule has 0 spiro atoms. The van der Waals surface area contributed by atoms with Gasteiger partial charge in [0.25, 0.3) is 0 Å². The van der Waals surface area contributed by atoms with Gasteiger partial charge in [0, 0.05) is 20.0 Å². The highest BCUT2D eigenvalue weighted by molar-refractivity contribution is 5.98. The summed E-state index contributed by atoms with van der Waals surface area (Å²) in [4.78, 5) is 25.3. The summed E-state index contributed by atoms with van der Waals surface area (Å²) in [6, 6.07) is 4.38. The number of carbonyl (C=O) groups is 2. The van der Waals surface area contributed by atoms with E-state index in [4.69, 9.17) is 5.11 Å². The topological polar surface area (TPSA) is 60.9 Å². The fourth-order valence-corrected chi connectivity index (χ4v) is 2.06. The highest BCUT2D eigenvalue weighted by atomic mass is 19.1. The average molecular weight is 252 g/mol. The molecule has 0 bridgehead atoms. The van der Waals surface area contributed by atoms with E-state index in [2.05, 4.69) is 0 Å². The van der Waals surface area contributed by atoms with Crippen molar-refractivity contribution in [1.29, 1.82) is 0 Å². The first-order valence-electron chi connectivity index (χ1n) is 5.52. The van der Waals surface area contributed by atoms with Crippen molar-refractivity contribution >= 4 is 23.3 Å². The second kappa shape index (κ2) is 4.64. The summed E-state index contributed by atoms with van der Waals surface area (Å²) < 4.78 is 13.8. The summed E-state index contributed by atoms with van der Waals surface area (Å²) in [6.45, 7) is 0.0174. The number of hydrogen-bond acceptors (Lipinski definition) is 3. The van der Waals surface area contributed by atoms with Crippen LogP contribution in [0.1, 0.15) is 6.42 Å². The zero-order chi connectivity index (χ0) is 13.3. The molecule has 0 aromatic heterocycles. The fraction of sp³-hybridized carbons (Fsp3) is 0.333. The summed E-state index contributed by atoms with van der Waals surface area (Å²) >= 11 is 0. The first-order chi connectivity index (χ1) is 8.50. The van der Waals surface area contributed by atoms with E-state index in [0.29, 0.717) is 5.69 Å². The highest BCUT2D eigenvalue weighted by Gasteiger charge is 2.27. The van der Waals surface area contributed by atoms with E-state index in [1.54, 1.807) is 6.07 Å². The molecule has 0 atom stereocenters. The lowest BCUT2D eigenvalue weighted by molar-refractivity contribution is -0.135. The fourth-order valence-electron chi connectivity index (χ4n) is 2.06. The van der Waals surface area contributed by atoms with Crippen LogP contribution in [-0.2, 0) is 9.59 Å². The van der Waals surface area contributed by atoms with Gasteiger partial charge >= 0.3 is 5.97 Å². The third-order valence-electron chi connectivity index (χ3n) is 2.94. The monoisotopic (exact) mass is 252 g/mol. The predicted molar refractivity (Wildman–Crippen MR) is 64.3 cm³/mol. The van der Waals surface area contributed by atoms with Crippen LogP contribution in [0.3, 0.4) is 0 Å². The van der Waals surface area contributed by atoms with Crippen molar-refractivity contribution in [3.05, 3.63) is 24.0 Å². The van der Waals surface area contributed by atoms with E-state index in [1.165, 1.54) is 29.0 Å². The van der Waals surface area contributed by atoms with E-state index in [-0.39, 0.29) is 31.1 Å². The number of nitrogens with zero attached hydrogens (tertiary/aromatic N) is 2. The van der Waals surface area contributed by atoms with E-state index < -0.39 is 11.8 Å². The molecule has 5 nitrogen and oxygen atoms in total. The van der Waals surface area contributed by atoms with Crippen LogP contribution < -0.4 is 9.80 Å². The molecule has 1 aromatic rings. The number of aliphatic carboxylic acids is 1. The predicted octanol–water partition coefficient (Wildman–Crippen LogP) is 1.08. The van der Waals surface area contributed by atoms with Crippen LogP contribution in [-0.4, -0.2) is 37.1 Å². The summed E-state index contributed by atoms with van der Waals surface area (Å²) in [5.74, 6) is -1.77. The lowest BCUT2D eigenvalue weighted by Crippen LogP contribution is -2.30. The summed E-state index contributed by atoms with van der Waals surface area (Å²) in [5.41, 5.74) is 0.576. The molecular formula is C12H13FN2O3. The second-order valence-electron chi connectivity index (χ2n) is 4.13. The zero-order valence-corrected chi connectivity index (χ0v) is 9.89. The standard InChI is InChI=1S/C12H13FN2O3/c1-14-10(16)5-6-15(7-11(17)18)9-4-2-3-8(13)12(9)14/h2-4H,5-7H2,1H3,(H,17,18). The number of halogens is 1. The van der Waals surface area contributed by atoms with Crippen molar-refractivity contribution in [1.82, 2.24) is 0 Å². The second-order valence-corrected chi connectivity index (χ2v) is 4.13. The van der Waals surface area contributed by atoms with Gasteiger partial charge in [0.1, 0.15) is 18.0 Å². The minimum absolute atomic E-state index is 0.140. The lowest BCUT2D eigenvalue weighted by atomic mass is 10.2. The Hall–Kier alpha value is -2.11. The van der Waals surface area contributed by atoms with Crippen LogP contribution in [0, 0.1) is 5.82 Å². The molecule has 96 valence electrons. The molecule has 0 radical (unpaired) electrons. The van der Waals surface area contributed by atoms with Crippen molar-refractivity contribution in [2.24, 2.45) is 0 Å². The Morgan fingerprint density at radius 3 is 2.89 bits per heavy atom. The third-order valence-corrected chi connectivity index (χ3v) is 2.94. The molecule has 0 fully saturated rings. The number of carboxylic acids is 1. The van der Waals surface area contributed by atoms with Crippen molar-refractivity contribution in [2.75, 3.05) is 29.9 Å². The van der Waals surface area contributed by atoms with E-state index in [1.807, 2.05) is 0 Å². The number of fused-ring (bicyclic) bond motifs is 1. The van der Waals surface area contributed by atoms with Gasteiger partial charge in [0.2, 0.25) is 5.91 Å². The maximum Gasteiger partial charge on any atom is 0.323 e. The van der Waals surface area contributed by atoms with E-state index in [9.17, 15) is 14.0 Å². The van der Waals surface area contributed by atoms with E-state index >= 15 is 0 Å². The Morgan fingerprint density at radius 1 is 1.50 bits per heavy atom. The average Bonchev–Trinajstić information content (AvgIpc) is 2.42. The molecular weight excluding hydrogens is 239 g/mol. The van der Waals surface area contributed by atoms with Crippen LogP contribution in [0.15, 0.2) is 18.2 Å². The molecule has 1 heterocycles. The highest BCUT2D eigenvalue weighted by Crippen LogP contribution is 2.34. The summed E-state index contributed by atoms with van der Waals surface area (Å²) in [5, 5.41) is 8.85. The van der Waals surface area contributed by atoms with Crippen molar-refractivity contribution < 1.29 is 19.1 Å². The Kier molecular flexibility index (Phi) is 3.18. The van der Waals surface area contributed by atoms with Crippen LogP contribution in [0.5, 0.6) is 0 Å². The molecule has 1 aromatic carbocycles. The number of amides is 1. The molecule has 18 heavy (non-hydrogen) atoms. The Morgan fingerprint density at radius 2 is 2.22 bits per heavy atom.